The van der Waals surface area contributed by atoms with Crippen molar-refractivity contribution >= 4 is 11.6 Å². The first-order valence-electron chi connectivity index (χ1n) is 6.39. The maximum atomic E-state index is 10.1. The van der Waals surface area contributed by atoms with Crippen LogP contribution in [0.25, 0.3) is 0 Å². The highest BCUT2D eigenvalue weighted by Crippen LogP contribution is 2.25. The van der Waals surface area contributed by atoms with Crippen LogP contribution >= 0.6 is 11.6 Å². The van der Waals surface area contributed by atoms with Gasteiger partial charge in [0.1, 0.15) is 11.9 Å². The zero-order chi connectivity index (χ0) is 14.0. The Balaban J connectivity index is 2.07. The highest BCUT2D eigenvalue weighted by molar-refractivity contribution is 6.28. The number of furan rings is 1. The van der Waals surface area contributed by atoms with Crippen LogP contribution in [0.4, 0.5) is 0 Å². The third-order valence-corrected chi connectivity index (χ3v) is 3.37. The van der Waals surface area contributed by atoms with Crippen molar-refractivity contribution in [2.24, 2.45) is 0 Å². The molecule has 2 rings (SSSR count). The van der Waals surface area contributed by atoms with Crippen LogP contribution < -0.4 is 0 Å². The summed E-state index contributed by atoms with van der Waals surface area (Å²) in [4.78, 5) is 0. The number of benzene rings is 1. The molecule has 0 aliphatic carbocycles. The van der Waals surface area contributed by atoms with Gasteiger partial charge >= 0.3 is 0 Å². The van der Waals surface area contributed by atoms with Crippen LogP contribution in [0.3, 0.4) is 0 Å². The second kappa shape index (κ2) is 5.40. The molecule has 2 aromatic rings. The quantitative estimate of drug-likeness (QED) is 0.896. The second-order valence-corrected chi connectivity index (χ2v) is 6.18. The first-order chi connectivity index (χ1) is 8.86. The highest BCUT2D eigenvalue weighted by atomic mass is 35.5. The normalized spacial score (nSPS) is 13.5. The van der Waals surface area contributed by atoms with E-state index in [-0.39, 0.29) is 5.41 Å². The lowest BCUT2D eigenvalue weighted by Gasteiger charge is -2.19. The Kier molecular flexibility index (Phi) is 4.02. The van der Waals surface area contributed by atoms with Crippen LogP contribution in [0.15, 0.2) is 40.8 Å². The van der Waals surface area contributed by atoms with Crippen LogP contribution in [0.2, 0.25) is 5.22 Å². The molecule has 19 heavy (non-hydrogen) atoms. The number of halogens is 1. The lowest BCUT2D eigenvalue weighted by molar-refractivity contribution is 0.150. The smallest absolute Gasteiger partial charge is 0.193 e. The topological polar surface area (TPSA) is 33.4 Å². The lowest BCUT2D eigenvalue weighted by atomic mass is 9.86. The summed E-state index contributed by atoms with van der Waals surface area (Å²) in [6, 6.07) is 11.7. The van der Waals surface area contributed by atoms with Crippen molar-refractivity contribution in [3.05, 3.63) is 58.5 Å². The SMILES string of the molecule is CC(C)(C)c1ccc(CC(O)c2ccc(Cl)o2)cc1. The van der Waals surface area contributed by atoms with Crippen molar-refractivity contribution in [2.45, 2.75) is 38.7 Å². The van der Waals surface area contributed by atoms with E-state index in [1.54, 1.807) is 12.1 Å². The van der Waals surface area contributed by atoms with Gasteiger partial charge in [-0.2, -0.15) is 0 Å². The Labute approximate surface area is 119 Å². The Bertz CT molecular complexity index is 535. The van der Waals surface area contributed by atoms with E-state index in [0.29, 0.717) is 17.4 Å². The maximum Gasteiger partial charge on any atom is 0.193 e. The van der Waals surface area contributed by atoms with Gasteiger partial charge < -0.3 is 9.52 Å². The molecule has 0 fully saturated rings. The van der Waals surface area contributed by atoms with E-state index < -0.39 is 6.10 Å². The van der Waals surface area contributed by atoms with Crippen molar-refractivity contribution in [2.75, 3.05) is 0 Å². The van der Waals surface area contributed by atoms with Gasteiger partial charge in [-0.15, -0.1) is 0 Å². The first-order valence-corrected chi connectivity index (χ1v) is 6.77. The Morgan fingerprint density at radius 3 is 2.21 bits per heavy atom. The predicted molar refractivity (Wildman–Crippen MR) is 77.5 cm³/mol. The summed E-state index contributed by atoms with van der Waals surface area (Å²) >= 11 is 5.70. The molecule has 1 unspecified atom stereocenters. The Hall–Kier alpha value is -1.25. The number of rotatable bonds is 3. The van der Waals surface area contributed by atoms with Crippen LogP contribution in [0.1, 0.15) is 43.8 Å². The van der Waals surface area contributed by atoms with E-state index in [1.807, 2.05) is 12.1 Å². The molecule has 102 valence electrons. The van der Waals surface area contributed by atoms with E-state index in [0.717, 1.165) is 5.56 Å². The number of aliphatic hydroxyl groups is 1. The molecule has 2 nitrogen and oxygen atoms in total. The minimum Gasteiger partial charge on any atom is -0.447 e. The van der Waals surface area contributed by atoms with Crippen molar-refractivity contribution in [1.29, 1.82) is 0 Å². The fourth-order valence-corrected chi connectivity index (χ4v) is 2.12. The van der Waals surface area contributed by atoms with E-state index >= 15 is 0 Å². The largest absolute Gasteiger partial charge is 0.447 e. The third-order valence-electron chi connectivity index (χ3n) is 3.17. The van der Waals surface area contributed by atoms with Gasteiger partial charge in [0.2, 0.25) is 0 Å². The van der Waals surface area contributed by atoms with Crippen LogP contribution in [0, 0.1) is 0 Å². The molecule has 1 N–H and O–H groups in total. The fourth-order valence-electron chi connectivity index (χ4n) is 1.97. The highest BCUT2D eigenvalue weighted by Gasteiger charge is 2.15. The molecular formula is C16H19ClO2. The third kappa shape index (κ3) is 3.62. The van der Waals surface area contributed by atoms with Gasteiger partial charge in [0, 0.05) is 6.42 Å². The number of hydrogen-bond acceptors (Lipinski definition) is 2. The zero-order valence-corrected chi connectivity index (χ0v) is 12.2. The van der Waals surface area contributed by atoms with Gasteiger partial charge in [-0.1, -0.05) is 45.0 Å². The van der Waals surface area contributed by atoms with Gasteiger partial charge in [0.25, 0.3) is 0 Å². The monoisotopic (exact) mass is 278 g/mol. The average molecular weight is 279 g/mol. The van der Waals surface area contributed by atoms with Gasteiger partial charge in [-0.25, -0.2) is 0 Å². The zero-order valence-electron chi connectivity index (χ0n) is 11.5. The summed E-state index contributed by atoms with van der Waals surface area (Å²) in [5.74, 6) is 0.505. The van der Waals surface area contributed by atoms with Gasteiger partial charge in [-0.3, -0.25) is 0 Å². The van der Waals surface area contributed by atoms with Crippen molar-refractivity contribution in [1.82, 2.24) is 0 Å². The summed E-state index contributed by atoms with van der Waals surface area (Å²) < 4.78 is 5.21. The van der Waals surface area contributed by atoms with Gasteiger partial charge in [0.15, 0.2) is 5.22 Å². The minimum atomic E-state index is -0.659. The summed E-state index contributed by atoms with van der Waals surface area (Å²) in [6.45, 7) is 6.55. The predicted octanol–water partition coefficient (Wildman–Crippen LogP) is 4.51. The molecular weight excluding hydrogens is 260 g/mol. The maximum absolute atomic E-state index is 10.1. The van der Waals surface area contributed by atoms with E-state index in [9.17, 15) is 5.11 Å². The van der Waals surface area contributed by atoms with Crippen LogP contribution in [-0.4, -0.2) is 5.11 Å². The lowest BCUT2D eigenvalue weighted by Crippen LogP contribution is -2.11. The van der Waals surface area contributed by atoms with E-state index in [1.165, 1.54) is 5.56 Å². The Morgan fingerprint density at radius 1 is 1.11 bits per heavy atom. The number of aliphatic hydroxyl groups excluding tert-OH is 1. The summed E-state index contributed by atoms with van der Waals surface area (Å²) in [5, 5.41) is 10.4. The summed E-state index contributed by atoms with van der Waals surface area (Å²) in [5.41, 5.74) is 2.51. The van der Waals surface area contributed by atoms with Crippen molar-refractivity contribution in [3.63, 3.8) is 0 Å². The summed E-state index contributed by atoms with van der Waals surface area (Å²) in [7, 11) is 0. The van der Waals surface area contributed by atoms with Gasteiger partial charge in [-0.05, 0) is 40.3 Å². The second-order valence-electron chi connectivity index (χ2n) is 5.81. The number of hydrogen-bond donors (Lipinski definition) is 1. The molecule has 0 aliphatic rings. The van der Waals surface area contributed by atoms with Gasteiger partial charge in [0.05, 0.1) is 0 Å². The average Bonchev–Trinajstić information content (AvgIpc) is 2.75. The molecule has 0 aliphatic heterocycles. The Morgan fingerprint density at radius 2 is 1.74 bits per heavy atom. The van der Waals surface area contributed by atoms with Crippen LogP contribution in [0.5, 0.6) is 0 Å². The molecule has 0 radical (unpaired) electrons. The molecule has 3 heteroatoms. The first kappa shape index (κ1) is 14.2. The van der Waals surface area contributed by atoms with Crippen molar-refractivity contribution < 1.29 is 9.52 Å². The molecule has 0 amide bonds. The fraction of sp³-hybridized carbons (Fsp3) is 0.375. The molecule has 1 atom stereocenters. The molecule has 1 heterocycles. The minimum absolute atomic E-state index is 0.145. The molecule has 0 spiro atoms. The molecule has 1 aromatic carbocycles. The summed E-state index contributed by atoms with van der Waals surface area (Å²) in [6.07, 6.45) is -0.137. The molecule has 0 bridgehead atoms. The van der Waals surface area contributed by atoms with E-state index in [4.69, 9.17) is 16.0 Å². The standard InChI is InChI=1S/C16H19ClO2/c1-16(2,3)12-6-4-11(5-7-12)10-13(18)14-8-9-15(17)19-14/h4-9,13,18H,10H2,1-3H3. The molecule has 1 aromatic heterocycles. The molecule has 0 saturated carbocycles. The van der Waals surface area contributed by atoms with Crippen LogP contribution in [-0.2, 0) is 11.8 Å². The molecule has 0 saturated heterocycles. The van der Waals surface area contributed by atoms with E-state index in [2.05, 4.69) is 32.9 Å². The van der Waals surface area contributed by atoms with Crippen molar-refractivity contribution in [3.8, 4) is 0 Å².